The van der Waals surface area contributed by atoms with Crippen LogP contribution in [0, 0.1) is 0 Å². The average molecular weight is 817 g/mol. The van der Waals surface area contributed by atoms with Crippen LogP contribution in [0.3, 0.4) is 0 Å². The van der Waals surface area contributed by atoms with Crippen LogP contribution >= 0.6 is 0 Å². The molecule has 6 nitrogen and oxygen atoms in total. The predicted octanol–water partition coefficient (Wildman–Crippen LogP) is 14.3. The van der Waals surface area contributed by atoms with Crippen molar-refractivity contribution in [3.05, 3.63) is 219 Å². The Morgan fingerprint density at radius 2 is 0.641 bits per heavy atom. The molecule has 0 aliphatic rings. The standard InChI is InChI=1S/C58H36N6/c1-3-13-45-35-61-52(32-43(45)11-1)47-29-48(53-33-44-12-2-4-14-46(44)36-62-53)31-49(30-47)58-63-54(39-17-21-41(22-18-39)56-50-15-7-5-9-37(50)25-27-59-56)34-55(64-58)40-19-23-42(24-20-40)57-51-16-8-6-10-38(51)26-28-60-57/h1-36H. The molecule has 5 heterocycles. The molecule has 0 N–H and O–H groups in total. The topological polar surface area (TPSA) is 77.3 Å². The van der Waals surface area contributed by atoms with Gasteiger partial charge in [-0.15, -0.1) is 0 Å². The zero-order valence-corrected chi connectivity index (χ0v) is 34.5. The number of nitrogens with zero attached hydrogens (tertiary/aromatic N) is 6. The normalized spacial score (nSPS) is 11.4. The van der Waals surface area contributed by atoms with Crippen LogP contribution in [0.15, 0.2) is 219 Å². The summed E-state index contributed by atoms with van der Waals surface area (Å²) in [6.07, 6.45) is 7.63. The summed E-state index contributed by atoms with van der Waals surface area (Å²) in [7, 11) is 0. The molecule has 5 aromatic heterocycles. The van der Waals surface area contributed by atoms with Crippen LogP contribution in [0.5, 0.6) is 0 Å². The lowest BCUT2D eigenvalue weighted by atomic mass is 9.98. The Morgan fingerprint density at radius 1 is 0.250 bits per heavy atom. The molecule has 0 fully saturated rings. The van der Waals surface area contributed by atoms with E-state index >= 15 is 0 Å². The lowest BCUT2D eigenvalue weighted by Gasteiger charge is -2.14. The maximum absolute atomic E-state index is 5.34. The molecule has 0 amide bonds. The highest BCUT2D eigenvalue weighted by Crippen LogP contribution is 2.36. The Balaban J connectivity index is 1.02. The molecule has 12 aromatic rings. The largest absolute Gasteiger partial charge is 0.256 e. The zero-order valence-electron chi connectivity index (χ0n) is 34.5. The molecule has 7 aromatic carbocycles. The fraction of sp³-hybridized carbons (Fsp3) is 0. The maximum Gasteiger partial charge on any atom is 0.160 e. The Hall–Kier alpha value is -8.74. The van der Waals surface area contributed by atoms with Gasteiger partial charge in [0.1, 0.15) is 0 Å². The minimum absolute atomic E-state index is 0.594. The summed E-state index contributed by atoms with van der Waals surface area (Å²) in [5.41, 5.74) is 12.0. The predicted molar refractivity (Wildman–Crippen MR) is 261 cm³/mol. The van der Waals surface area contributed by atoms with Crippen LogP contribution in [-0.4, -0.2) is 29.9 Å². The lowest BCUT2D eigenvalue weighted by Crippen LogP contribution is -1.98. The van der Waals surface area contributed by atoms with Crippen LogP contribution in [0.25, 0.3) is 122 Å². The molecule has 0 aliphatic carbocycles. The molecular weight excluding hydrogens is 781 g/mol. The van der Waals surface area contributed by atoms with Crippen molar-refractivity contribution >= 4 is 43.1 Å². The third-order valence-corrected chi connectivity index (χ3v) is 12.0. The second-order valence-electron chi connectivity index (χ2n) is 16.0. The van der Waals surface area contributed by atoms with E-state index in [4.69, 9.17) is 29.9 Å². The van der Waals surface area contributed by atoms with E-state index < -0.39 is 0 Å². The number of rotatable bonds is 7. The van der Waals surface area contributed by atoms with Crippen molar-refractivity contribution < 1.29 is 0 Å². The van der Waals surface area contributed by atoms with Gasteiger partial charge in [0, 0.05) is 85.3 Å². The highest BCUT2D eigenvalue weighted by atomic mass is 14.9. The van der Waals surface area contributed by atoms with Crippen molar-refractivity contribution in [2.75, 3.05) is 0 Å². The number of hydrogen-bond acceptors (Lipinski definition) is 6. The van der Waals surface area contributed by atoms with Crippen LogP contribution < -0.4 is 0 Å². The third-order valence-electron chi connectivity index (χ3n) is 12.0. The van der Waals surface area contributed by atoms with Crippen molar-refractivity contribution in [2.45, 2.75) is 0 Å². The number of benzene rings is 7. The Kier molecular flexibility index (Phi) is 9.05. The summed E-state index contributed by atoms with van der Waals surface area (Å²) in [6.45, 7) is 0. The van der Waals surface area contributed by atoms with Gasteiger partial charge in [-0.1, -0.05) is 146 Å². The van der Waals surface area contributed by atoms with Gasteiger partial charge in [-0.2, -0.15) is 0 Å². The first-order valence-electron chi connectivity index (χ1n) is 21.3. The molecule has 6 heteroatoms. The van der Waals surface area contributed by atoms with Gasteiger partial charge >= 0.3 is 0 Å². The number of pyridine rings is 4. The van der Waals surface area contributed by atoms with E-state index in [1.54, 1.807) is 0 Å². The molecule has 0 saturated heterocycles. The molecule has 0 aliphatic heterocycles. The van der Waals surface area contributed by atoms with E-state index in [1.807, 2.05) is 36.9 Å². The average Bonchev–Trinajstić information content (AvgIpc) is 3.38. The first-order chi connectivity index (χ1) is 31.7. The number of aromatic nitrogens is 6. The summed E-state index contributed by atoms with van der Waals surface area (Å²) >= 11 is 0. The summed E-state index contributed by atoms with van der Waals surface area (Å²) < 4.78 is 0. The second-order valence-corrected chi connectivity index (χ2v) is 16.0. The minimum atomic E-state index is 0.594. The van der Waals surface area contributed by atoms with Gasteiger partial charge in [0.05, 0.1) is 34.2 Å². The molecule has 0 unspecified atom stereocenters. The van der Waals surface area contributed by atoms with Gasteiger partial charge in [0.25, 0.3) is 0 Å². The lowest BCUT2D eigenvalue weighted by molar-refractivity contribution is 1.18. The van der Waals surface area contributed by atoms with Crippen LogP contribution in [0.4, 0.5) is 0 Å². The van der Waals surface area contributed by atoms with E-state index in [0.717, 1.165) is 116 Å². The van der Waals surface area contributed by atoms with E-state index in [0.29, 0.717) is 5.82 Å². The zero-order chi connectivity index (χ0) is 42.4. The molecule has 0 saturated carbocycles. The Morgan fingerprint density at radius 3 is 1.11 bits per heavy atom. The van der Waals surface area contributed by atoms with Gasteiger partial charge in [0.15, 0.2) is 5.82 Å². The quantitative estimate of drug-likeness (QED) is 0.159. The molecule has 64 heavy (non-hydrogen) atoms. The van der Waals surface area contributed by atoms with Crippen molar-refractivity contribution in [2.24, 2.45) is 0 Å². The van der Waals surface area contributed by atoms with Crippen molar-refractivity contribution in [1.29, 1.82) is 0 Å². The fourth-order valence-electron chi connectivity index (χ4n) is 8.70. The van der Waals surface area contributed by atoms with E-state index in [2.05, 4.69) is 182 Å². The van der Waals surface area contributed by atoms with Gasteiger partial charge in [-0.3, -0.25) is 19.9 Å². The molecule has 298 valence electrons. The molecule has 12 rings (SSSR count). The minimum Gasteiger partial charge on any atom is -0.256 e. The Bertz CT molecular complexity index is 3480. The first-order valence-corrected chi connectivity index (χ1v) is 21.3. The fourth-order valence-corrected chi connectivity index (χ4v) is 8.70. The highest BCUT2D eigenvalue weighted by molar-refractivity contribution is 5.96. The summed E-state index contributed by atoms with van der Waals surface area (Å²) in [6, 6.07) is 67.3. The second kappa shape index (κ2) is 15.6. The van der Waals surface area contributed by atoms with E-state index in [1.165, 1.54) is 0 Å². The first kappa shape index (κ1) is 37.1. The molecule has 0 radical (unpaired) electrons. The van der Waals surface area contributed by atoms with E-state index in [-0.39, 0.29) is 0 Å². The van der Waals surface area contributed by atoms with Crippen molar-refractivity contribution in [3.63, 3.8) is 0 Å². The molecular formula is C58H36N6. The summed E-state index contributed by atoms with van der Waals surface area (Å²) in [4.78, 5) is 30.2. The van der Waals surface area contributed by atoms with E-state index in [9.17, 15) is 0 Å². The van der Waals surface area contributed by atoms with Gasteiger partial charge in [-0.25, -0.2) is 9.97 Å². The van der Waals surface area contributed by atoms with Gasteiger partial charge < -0.3 is 0 Å². The smallest absolute Gasteiger partial charge is 0.160 e. The highest BCUT2D eigenvalue weighted by Gasteiger charge is 2.17. The van der Waals surface area contributed by atoms with Gasteiger partial charge in [-0.05, 0) is 70.1 Å². The van der Waals surface area contributed by atoms with Crippen molar-refractivity contribution in [1.82, 2.24) is 29.9 Å². The van der Waals surface area contributed by atoms with Crippen LogP contribution in [-0.2, 0) is 0 Å². The molecule has 0 atom stereocenters. The Labute approximate surface area is 369 Å². The van der Waals surface area contributed by atoms with Crippen LogP contribution in [0.2, 0.25) is 0 Å². The SMILES string of the molecule is c1ccc2cc(-c3cc(-c4cc5ccccc5cn4)cc(-c4nc(-c5ccc(-c6nccc7ccccc67)cc5)cc(-c5ccc(-c6nccc7ccccc67)cc5)n4)c3)ncc2c1. The third kappa shape index (κ3) is 6.89. The molecule has 0 bridgehead atoms. The maximum atomic E-state index is 5.34. The van der Waals surface area contributed by atoms with Crippen LogP contribution in [0.1, 0.15) is 0 Å². The molecule has 0 spiro atoms. The number of hydrogen-bond donors (Lipinski definition) is 0. The van der Waals surface area contributed by atoms with Crippen molar-refractivity contribution in [3.8, 4) is 78.9 Å². The summed E-state index contributed by atoms with van der Waals surface area (Å²) in [5, 5.41) is 8.95. The monoisotopic (exact) mass is 816 g/mol. The summed E-state index contributed by atoms with van der Waals surface area (Å²) in [5.74, 6) is 0.594. The number of fused-ring (bicyclic) bond motifs is 4. The van der Waals surface area contributed by atoms with Gasteiger partial charge in [0.2, 0.25) is 0 Å².